The standard InChI is InChI=1S/C16H22N6O3S.ClH/c1-4-16(5-2,9-17)19-14(23)11-6-7-13(12(8-11)22(24)25)26-15-20-18-10-21(15)3;/h6-8,10H,4-5,9,17H2,1-3H3,(H,19,23);1H. The third-order valence-electron chi connectivity index (χ3n) is 4.41. The Balaban J connectivity index is 0.00000364. The highest BCUT2D eigenvalue weighted by Gasteiger charge is 2.28. The van der Waals surface area contributed by atoms with Gasteiger partial charge in [-0.1, -0.05) is 13.8 Å². The number of carbonyl (C=O) groups excluding carboxylic acids is 1. The number of nitro groups is 1. The van der Waals surface area contributed by atoms with Crippen molar-refractivity contribution in [2.75, 3.05) is 6.54 Å². The van der Waals surface area contributed by atoms with Gasteiger partial charge in [-0.25, -0.2) is 0 Å². The molecule has 1 heterocycles. The molecule has 2 rings (SSSR count). The van der Waals surface area contributed by atoms with E-state index in [-0.39, 0.29) is 29.6 Å². The summed E-state index contributed by atoms with van der Waals surface area (Å²) in [5.41, 5.74) is 5.36. The maximum absolute atomic E-state index is 12.6. The van der Waals surface area contributed by atoms with Crippen LogP contribution in [-0.2, 0) is 7.05 Å². The normalized spacial score (nSPS) is 11.0. The molecule has 1 aromatic carbocycles. The zero-order chi connectivity index (χ0) is 19.3. The largest absolute Gasteiger partial charge is 0.345 e. The minimum atomic E-state index is -0.516. The van der Waals surface area contributed by atoms with Crippen molar-refractivity contribution in [1.29, 1.82) is 0 Å². The molecule has 0 aliphatic rings. The smallest absolute Gasteiger partial charge is 0.284 e. The molecule has 0 spiro atoms. The molecule has 0 fully saturated rings. The lowest BCUT2D eigenvalue weighted by Crippen LogP contribution is -2.52. The lowest BCUT2D eigenvalue weighted by Gasteiger charge is -2.31. The van der Waals surface area contributed by atoms with Crippen LogP contribution in [0.2, 0.25) is 0 Å². The zero-order valence-electron chi connectivity index (χ0n) is 15.3. The van der Waals surface area contributed by atoms with Crippen molar-refractivity contribution >= 4 is 35.8 Å². The van der Waals surface area contributed by atoms with E-state index in [1.165, 1.54) is 12.4 Å². The number of nitrogens with zero attached hydrogens (tertiary/aromatic N) is 4. The molecule has 0 aliphatic heterocycles. The van der Waals surface area contributed by atoms with Crippen molar-refractivity contribution in [1.82, 2.24) is 20.1 Å². The number of aromatic nitrogens is 3. The fraction of sp³-hybridized carbons (Fsp3) is 0.438. The minimum Gasteiger partial charge on any atom is -0.345 e. The van der Waals surface area contributed by atoms with Crippen molar-refractivity contribution in [3.8, 4) is 0 Å². The molecule has 9 nitrogen and oxygen atoms in total. The number of nitrogens with one attached hydrogen (secondary N) is 1. The van der Waals surface area contributed by atoms with E-state index in [0.29, 0.717) is 29.4 Å². The summed E-state index contributed by atoms with van der Waals surface area (Å²) in [6.07, 6.45) is 2.86. The van der Waals surface area contributed by atoms with E-state index in [1.54, 1.807) is 23.7 Å². The van der Waals surface area contributed by atoms with Gasteiger partial charge in [0.25, 0.3) is 11.6 Å². The minimum absolute atomic E-state index is 0. The van der Waals surface area contributed by atoms with Gasteiger partial charge in [0.2, 0.25) is 0 Å². The average molecular weight is 415 g/mol. The van der Waals surface area contributed by atoms with Crippen LogP contribution in [-0.4, -0.2) is 37.7 Å². The Bertz CT molecular complexity index is 801. The van der Waals surface area contributed by atoms with Crippen molar-refractivity contribution in [2.45, 2.75) is 42.3 Å². The van der Waals surface area contributed by atoms with Gasteiger partial charge in [-0.3, -0.25) is 14.9 Å². The van der Waals surface area contributed by atoms with Gasteiger partial charge in [0.15, 0.2) is 5.16 Å². The Morgan fingerprint density at radius 1 is 1.41 bits per heavy atom. The average Bonchev–Trinajstić information content (AvgIpc) is 3.04. The van der Waals surface area contributed by atoms with Gasteiger partial charge in [-0.05, 0) is 36.7 Å². The maximum atomic E-state index is 12.6. The number of benzene rings is 1. The van der Waals surface area contributed by atoms with E-state index in [0.717, 1.165) is 11.8 Å². The summed E-state index contributed by atoms with van der Waals surface area (Å²) in [6, 6.07) is 4.39. The van der Waals surface area contributed by atoms with Gasteiger partial charge in [0, 0.05) is 25.2 Å². The van der Waals surface area contributed by atoms with Crippen LogP contribution >= 0.6 is 24.2 Å². The first-order valence-electron chi connectivity index (χ1n) is 8.18. The summed E-state index contributed by atoms with van der Waals surface area (Å²) in [5.74, 6) is -0.377. The summed E-state index contributed by atoms with van der Waals surface area (Å²) in [4.78, 5) is 23.9. The number of nitro benzene ring substituents is 1. The van der Waals surface area contributed by atoms with Gasteiger partial charge in [0.1, 0.15) is 6.33 Å². The quantitative estimate of drug-likeness (QED) is 0.501. The molecule has 11 heteroatoms. The fourth-order valence-electron chi connectivity index (χ4n) is 2.43. The van der Waals surface area contributed by atoms with E-state index in [2.05, 4.69) is 15.5 Å². The SMILES string of the molecule is CCC(CC)(CN)NC(=O)c1ccc(Sc2nncn2C)c([N+](=O)[O-])c1.Cl. The van der Waals surface area contributed by atoms with Crippen LogP contribution < -0.4 is 11.1 Å². The van der Waals surface area contributed by atoms with E-state index >= 15 is 0 Å². The molecule has 0 bridgehead atoms. The fourth-order valence-corrected chi connectivity index (χ4v) is 3.28. The number of amides is 1. The number of carbonyl (C=O) groups is 1. The molecule has 148 valence electrons. The molecular weight excluding hydrogens is 392 g/mol. The van der Waals surface area contributed by atoms with Gasteiger partial charge >= 0.3 is 0 Å². The third kappa shape index (κ3) is 5.18. The molecule has 0 aliphatic carbocycles. The number of halogens is 1. The second kappa shape index (κ2) is 9.67. The highest BCUT2D eigenvalue weighted by atomic mass is 35.5. The van der Waals surface area contributed by atoms with Gasteiger partial charge in [-0.15, -0.1) is 22.6 Å². The van der Waals surface area contributed by atoms with E-state index in [9.17, 15) is 14.9 Å². The van der Waals surface area contributed by atoms with Gasteiger partial charge in [0.05, 0.1) is 15.4 Å². The molecule has 0 atom stereocenters. The number of hydrogen-bond donors (Lipinski definition) is 2. The van der Waals surface area contributed by atoms with Crippen molar-refractivity contribution < 1.29 is 9.72 Å². The van der Waals surface area contributed by atoms with E-state index in [4.69, 9.17) is 5.73 Å². The molecular formula is C16H23ClN6O3S. The second-order valence-corrected chi connectivity index (χ2v) is 6.92. The molecule has 3 N–H and O–H groups in total. The zero-order valence-corrected chi connectivity index (χ0v) is 17.0. The number of hydrogen-bond acceptors (Lipinski definition) is 7. The predicted molar refractivity (Wildman–Crippen MR) is 105 cm³/mol. The first-order valence-corrected chi connectivity index (χ1v) is 9.00. The number of aryl methyl sites for hydroxylation is 1. The van der Waals surface area contributed by atoms with Crippen LogP contribution in [0.1, 0.15) is 37.0 Å². The third-order valence-corrected chi connectivity index (χ3v) is 5.53. The number of rotatable bonds is 8. The van der Waals surface area contributed by atoms with Crippen LogP contribution in [0.25, 0.3) is 0 Å². The topological polar surface area (TPSA) is 129 Å². The second-order valence-electron chi connectivity index (χ2n) is 5.91. The van der Waals surface area contributed by atoms with Crippen LogP contribution in [0.3, 0.4) is 0 Å². The Morgan fingerprint density at radius 2 is 2.07 bits per heavy atom. The predicted octanol–water partition coefficient (Wildman–Crippen LogP) is 2.54. The van der Waals surface area contributed by atoms with Crippen LogP contribution in [0.5, 0.6) is 0 Å². The Labute approximate surface area is 167 Å². The van der Waals surface area contributed by atoms with Crippen LogP contribution in [0.4, 0.5) is 5.69 Å². The Kier molecular flexibility index (Phi) is 8.20. The Morgan fingerprint density at radius 3 is 2.56 bits per heavy atom. The monoisotopic (exact) mass is 414 g/mol. The maximum Gasteiger partial charge on any atom is 0.284 e. The summed E-state index contributed by atoms with van der Waals surface area (Å²) in [5, 5.41) is 22.6. The van der Waals surface area contributed by atoms with Gasteiger partial charge < -0.3 is 15.6 Å². The lowest BCUT2D eigenvalue weighted by atomic mass is 9.92. The highest BCUT2D eigenvalue weighted by Crippen LogP contribution is 2.34. The van der Waals surface area contributed by atoms with Gasteiger partial charge in [-0.2, -0.15) is 0 Å². The summed E-state index contributed by atoms with van der Waals surface area (Å²) in [7, 11) is 1.75. The molecule has 27 heavy (non-hydrogen) atoms. The lowest BCUT2D eigenvalue weighted by molar-refractivity contribution is -0.387. The summed E-state index contributed by atoms with van der Waals surface area (Å²) < 4.78 is 1.66. The Hall–Kier alpha value is -2.17. The molecule has 1 amide bonds. The molecule has 2 aromatic rings. The van der Waals surface area contributed by atoms with E-state index < -0.39 is 10.5 Å². The van der Waals surface area contributed by atoms with Crippen LogP contribution in [0.15, 0.2) is 34.6 Å². The first kappa shape index (κ1) is 22.9. The first-order chi connectivity index (χ1) is 12.4. The molecule has 0 unspecified atom stereocenters. The molecule has 0 radical (unpaired) electrons. The van der Waals surface area contributed by atoms with E-state index in [1.807, 2.05) is 13.8 Å². The molecule has 0 saturated carbocycles. The summed E-state index contributed by atoms with van der Waals surface area (Å²) in [6.45, 7) is 4.19. The highest BCUT2D eigenvalue weighted by molar-refractivity contribution is 7.99. The molecule has 0 saturated heterocycles. The summed E-state index contributed by atoms with van der Waals surface area (Å²) >= 11 is 1.12. The number of nitrogens with two attached hydrogens (primary N) is 1. The van der Waals surface area contributed by atoms with Crippen molar-refractivity contribution in [2.24, 2.45) is 12.8 Å². The molecule has 1 aromatic heterocycles. The van der Waals surface area contributed by atoms with Crippen LogP contribution in [0, 0.1) is 10.1 Å². The van der Waals surface area contributed by atoms with Crippen molar-refractivity contribution in [3.05, 3.63) is 40.2 Å². The van der Waals surface area contributed by atoms with Crippen molar-refractivity contribution in [3.63, 3.8) is 0 Å².